The maximum atomic E-state index is 13.2. The van der Waals surface area contributed by atoms with Gasteiger partial charge in [0.15, 0.2) is 0 Å². The predicted octanol–water partition coefficient (Wildman–Crippen LogP) is 3.78. The highest BCUT2D eigenvalue weighted by atomic mass is 35.5. The molecule has 1 spiro atoms. The summed E-state index contributed by atoms with van der Waals surface area (Å²) >= 11 is 6.17. The first kappa shape index (κ1) is 20.6. The predicted molar refractivity (Wildman–Crippen MR) is 101 cm³/mol. The quantitative estimate of drug-likeness (QED) is 0.652. The van der Waals surface area contributed by atoms with Crippen LogP contribution in [0.25, 0.3) is 0 Å². The van der Waals surface area contributed by atoms with Crippen LogP contribution in [0.4, 0.5) is 29.3 Å². The number of sulfone groups is 1. The van der Waals surface area contributed by atoms with E-state index >= 15 is 0 Å². The maximum absolute atomic E-state index is 13.2. The molecule has 1 aliphatic carbocycles. The maximum Gasteiger partial charge on any atom is 0.501 e. The van der Waals surface area contributed by atoms with Crippen LogP contribution >= 0.6 is 11.6 Å². The van der Waals surface area contributed by atoms with Gasteiger partial charge in [-0.2, -0.15) is 13.2 Å². The number of benzene rings is 1. The topological polar surface area (TPSA) is 87.7 Å². The number of imide groups is 1. The van der Waals surface area contributed by atoms with Gasteiger partial charge in [-0.3, -0.25) is 14.7 Å². The summed E-state index contributed by atoms with van der Waals surface area (Å²) in [4.78, 5) is 31.3. The molecule has 158 valence electrons. The van der Waals surface area contributed by atoms with Crippen LogP contribution in [0.15, 0.2) is 47.6 Å². The Balaban J connectivity index is 1.75. The molecule has 12 heteroatoms. The summed E-state index contributed by atoms with van der Waals surface area (Å²) in [5.74, 6) is -0.729. The molecule has 1 saturated heterocycles. The zero-order valence-electron chi connectivity index (χ0n) is 15.2. The highest BCUT2D eigenvalue weighted by Gasteiger charge is 2.70. The van der Waals surface area contributed by atoms with E-state index in [1.54, 1.807) is 6.92 Å². The molecule has 4 rings (SSSR count). The van der Waals surface area contributed by atoms with Crippen LogP contribution in [0.3, 0.4) is 0 Å². The summed E-state index contributed by atoms with van der Waals surface area (Å²) in [7, 11) is -5.55. The number of hydrogen-bond acceptors (Lipinski definition) is 5. The second-order valence-electron chi connectivity index (χ2n) is 7.06. The van der Waals surface area contributed by atoms with Gasteiger partial charge in [0.2, 0.25) is 0 Å². The molecule has 0 radical (unpaired) electrons. The summed E-state index contributed by atoms with van der Waals surface area (Å²) in [5.41, 5.74) is -6.37. The third-order valence-corrected chi connectivity index (χ3v) is 7.12. The minimum atomic E-state index is -5.55. The Morgan fingerprint density at radius 1 is 1.17 bits per heavy atom. The molecule has 1 aromatic heterocycles. The molecule has 1 saturated carbocycles. The Kier molecular flexibility index (Phi) is 4.41. The van der Waals surface area contributed by atoms with Crippen molar-refractivity contribution in [2.45, 2.75) is 29.3 Å². The normalized spacial score (nSPS) is 24.1. The first-order valence-corrected chi connectivity index (χ1v) is 10.5. The van der Waals surface area contributed by atoms with Crippen molar-refractivity contribution in [1.82, 2.24) is 4.98 Å². The Hall–Kier alpha value is -2.66. The molecule has 2 unspecified atom stereocenters. The number of aromatic nitrogens is 1. The van der Waals surface area contributed by atoms with Gasteiger partial charge in [0, 0.05) is 12.4 Å². The number of halogens is 4. The van der Waals surface area contributed by atoms with Crippen LogP contribution in [-0.2, 0) is 14.6 Å². The fourth-order valence-corrected chi connectivity index (χ4v) is 4.63. The van der Waals surface area contributed by atoms with E-state index in [4.69, 9.17) is 11.6 Å². The number of amides is 3. The van der Waals surface area contributed by atoms with Gasteiger partial charge >= 0.3 is 11.5 Å². The minimum absolute atomic E-state index is 0.0442. The van der Waals surface area contributed by atoms with Crippen molar-refractivity contribution in [2.24, 2.45) is 5.92 Å². The summed E-state index contributed by atoms with van der Waals surface area (Å²) in [6, 6.07) is 4.17. The third-order valence-electron chi connectivity index (χ3n) is 5.33. The van der Waals surface area contributed by atoms with Crippen molar-refractivity contribution >= 4 is 44.8 Å². The number of anilines is 2. The Morgan fingerprint density at radius 3 is 2.27 bits per heavy atom. The van der Waals surface area contributed by atoms with Crippen LogP contribution in [0, 0.1) is 5.92 Å². The van der Waals surface area contributed by atoms with Crippen molar-refractivity contribution < 1.29 is 31.2 Å². The number of nitrogens with zero attached hydrogens (tertiary/aromatic N) is 3. The molecule has 2 aliphatic rings. The number of pyridine rings is 1. The molecule has 1 aromatic carbocycles. The second kappa shape index (κ2) is 6.42. The first-order chi connectivity index (χ1) is 13.9. The zero-order valence-corrected chi connectivity index (χ0v) is 16.8. The lowest BCUT2D eigenvalue weighted by Gasteiger charge is -2.23. The summed E-state index contributed by atoms with van der Waals surface area (Å²) in [5, 5.41) is 0.158. The third kappa shape index (κ3) is 2.72. The number of carbonyl (C=O) groups excluding carboxylic acids is 2. The molecule has 2 aromatic rings. The molecular weight excluding hydrogens is 447 g/mol. The fourth-order valence-electron chi connectivity index (χ4n) is 3.67. The monoisotopic (exact) mass is 459 g/mol. The number of urea groups is 1. The lowest BCUT2D eigenvalue weighted by atomic mass is 10.1. The van der Waals surface area contributed by atoms with Crippen LogP contribution in [0.5, 0.6) is 0 Å². The second-order valence-corrected chi connectivity index (χ2v) is 9.41. The van der Waals surface area contributed by atoms with E-state index in [1.807, 2.05) is 0 Å². The summed E-state index contributed by atoms with van der Waals surface area (Å²) < 4.78 is 61.3. The van der Waals surface area contributed by atoms with E-state index in [0.29, 0.717) is 18.6 Å². The van der Waals surface area contributed by atoms with Gasteiger partial charge in [0.05, 0.1) is 21.3 Å². The van der Waals surface area contributed by atoms with E-state index in [0.717, 1.165) is 17.0 Å². The Labute approximate surface area is 174 Å². The van der Waals surface area contributed by atoms with Crippen molar-refractivity contribution in [2.75, 3.05) is 9.80 Å². The molecule has 1 aliphatic heterocycles. The van der Waals surface area contributed by atoms with Crippen molar-refractivity contribution in [3.8, 4) is 0 Å². The van der Waals surface area contributed by atoms with E-state index < -0.39 is 37.7 Å². The number of alkyl halides is 3. The molecule has 2 heterocycles. The molecule has 2 atom stereocenters. The summed E-state index contributed by atoms with van der Waals surface area (Å²) in [6.07, 6.45) is 3.13. The SMILES string of the molecule is CC1CC12C(=O)N(c1ccc(S(=O)(=O)C(F)(F)F)cc1)C(=O)N2c1ccncc1Cl. The lowest BCUT2D eigenvalue weighted by molar-refractivity contribution is -0.119. The Bertz CT molecular complexity index is 1170. The lowest BCUT2D eigenvalue weighted by Crippen LogP contribution is -2.39. The standard InChI is InChI=1S/C18H13ClF3N3O4S/c1-10-8-17(10)15(26)24(16(27)25(17)14-6-7-23-9-13(14)19)11-2-4-12(5-3-11)30(28,29)18(20,21)22/h2-7,9-10H,8H2,1H3. The average Bonchev–Trinajstić information content (AvgIpc) is 3.29. The van der Waals surface area contributed by atoms with Crippen molar-refractivity contribution in [3.05, 3.63) is 47.7 Å². The summed E-state index contributed by atoms with van der Waals surface area (Å²) in [6.45, 7) is 1.79. The van der Waals surface area contributed by atoms with Gasteiger partial charge in [-0.1, -0.05) is 18.5 Å². The first-order valence-electron chi connectivity index (χ1n) is 8.62. The highest BCUT2D eigenvalue weighted by molar-refractivity contribution is 7.92. The van der Waals surface area contributed by atoms with Gasteiger partial charge < -0.3 is 0 Å². The Morgan fingerprint density at radius 2 is 1.77 bits per heavy atom. The van der Waals surface area contributed by atoms with Crippen LogP contribution in [-0.4, -0.2) is 36.4 Å². The van der Waals surface area contributed by atoms with E-state index in [-0.39, 0.29) is 22.3 Å². The minimum Gasteiger partial charge on any atom is -0.276 e. The molecule has 7 nitrogen and oxygen atoms in total. The molecule has 3 amide bonds. The molecule has 30 heavy (non-hydrogen) atoms. The molecule has 0 bridgehead atoms. The number of hydrogen-bond donors (Lipinski definition) is 0. The number of carbonyl (C=O) groups is 2. The molecule has 2 fully saturated rings. The van der Waals surface area contributed by atoms with Crippen LogP contribution < -0.4 is 9.80 Å². The van der Waals surface area contributed by atoms with E-state index in [2.05, 4.69) is 4.98 Å². The van der Waals surface area contributed by atoms with Gasteiger partial charge in [-0.15, -0.1) is 0 Å². The smallest absolute Gasteiger partial charge is 0.276 e. The highest BCUT2D eigenvalue weighted by Crippen LogP contribution is 2.56. The van der Waals surface area contributed by atoms with E-state index in [1.165, 1.54) is 23.4 Å². The van der Waals surface area contributed by atoms with Crippen molar-refractivity contribution in [3.63, 3.8) is 0 Å². The van der Waals surface area contributed by atoms with Gasteiger partial charge in [0.25, 0.3) is 15.7 Å². The number of rotatable bonds is 3. The van der Waals surface area contributed by atoms with Crippen LogP contribution in [0.2, 0.25) is 5.02 Å². The van der Waals surface area contributed by atoms with Gasteiger partial charge in [0.1, 0.15) is 5.54 Å². The van der Waals surface area contributed by atoms with Gasteiger partial charge in [-0.05, 0) is 42.7 Å². The van der Waals surface area contributed by atoms with Crippen LogP contribution in [0.1, 0.15) is 13.3 Å². The largest absolute Gasteiger partial charge is 0.501 e. The zero-order chi connectivity index (χ0) is 22.1. The molecule has 0 N–H and O–H groups in total. The van der Waals surface area contributed by atoms with Gasteiger partial charge in [-0.25, -0.2) is 18.1 Å². The van der Waals surface area contributed by atoms with E-state index in [9.17, 15) is 31.2 Å². The van der Waals surface area contributed by atoms with Crippen molar-refractivity contribution in [1.29, 1.82) is 0 Å². The fraction of sp³-hybridized carbons (Fsp3) is 0.278. The average molecular weight is 460 g/mol. The molecular formula is C18H13ClF3N3O4S.